The minimum atomic E-state index is -0.187. The van der Waals surface area contributed by atoms with Crippen LogP contribution in [0.15, 0.2) is 23.1 Å². The predicted molar refractivity (Wildman–Crippen MR) is 67.0 cm³/mol. The number of rotatable bonds is 3. The maximum Gasteiger partial charge on any atom is 0.123 e. The van der Waals surface area contributed by atoms with Crippen LogP contribution in [-0.4, -0.2) is 5.25 Å². The molecule has 0 aliphatic heterocycles. The molecule has 0 amide bonds. The van der Waals surface area contributed by atoms with Crippen LogP contribution < -0.4 is 5.73 Å². The van der Waals surface area contributed by atoms with Crippen LogP contribution >= 0.6 is 11.8 Å². The van der Waals surface area contributed by atoms with Crippen molar-refractivity contribution in [2.24, 2.45) is 5.73 Å². The maximum absolute atomic E-state index is 13.0. The molecular weight excluding hydrogens is 221 g/mol. The van der Waals surface area contributed by atoms with E-state index in [0.717, 1.165) is 10.5 Å². The zero-order chi connectivity index (χ0) is 11.4. The van der Waals surface area contributed by atoms with Gasteiger partial charge >= 0.3 is 0 Å². The zero-order valence-electron chi connectivity index (χ0n) is 9.42. The molecule has 1 aliphatic rings. The minimum Gasteiger partial charge on any atom is -0.326 e. The van der Waals surface area contributed by atoms with E-state index in [9.17, 15) is 4.39 Å². The molecule has 0 spiro atoms. The van der Waals surface area contributed by atoms with Crippen molar-refractivity contribution in [3.8, 4) is 0 Å². The predicted octanol–water partition coefficient (Wildman–Crippen LogP) is 3.71. The monoisotopic (exact) mass is 239 g/mol. The van der Waals surface area contributed by atoms with Gasteiger partial charge in [-0.3, -0.25) is 0 Å². The molecule has 2 N–H and O–H groups in total. The van der Waals surface area contributed by atoms with Crippen molar-refractivity contribution in [3.63, 3.8) is 0 Å². The van der Waals surface area contributed by atoms with Crippen LogP contribution in [0.3, 0.4) is 0 Å². The molecule has 1 saturated carbocycles. The lowest BCUT2D eigenvalue weighted by atomic mass is 10.0. The topological polar surface area (TPSA) is 26.0 Å². The van der Waals surface area contributed by atoms with Crippen LogP contribution in [0, 0.1) is 5.82 Å². The van der Waals surface area contributed by atoms with E-state index >= 15 is 0 Å². The molecule has 0 unspecified atom stereocenters. The van der Waals surface area contributed by atoms with Crippen molar-refractivity contribution in [2.45, 2.75) is 48.8 Å². The second-order valence-corrected chi connectivity index (χ2v) is 5.68. The van der Waals surface area contributed by atoms with Gasteiger partial charge < -0.3 is 5.73 Å². The average Bonchev–Trinajstić information content (AvgIpc) is 2.33. The molecule has 1 aromatic carbocycles. The lowest BCUT2D eigenvalue weighted by molar-refractivity contribution is 0.516. The Hall–Kier alpha value is -0.540. The molecule has 1 aliphatic carbocycles. The number of hydrogen-bond acceptors (Lipinski definition) is 2. The van der Waals surface area contributed by atoms with Gasteiger partial charge in [0.05, 0.1) is 0 Å². The molecule has 1 nitrogen and oxygen atoms in total. The van der Waals surface area contributed by atoms with Crippen molar-refractivity contribution < 1.29 is 4.39 Å². The van der Waals surface area contributed by atoms with Crippen LogP contribution in [0.1, 0.15) is 37.7 Å². The normalized spacial score (nSPS) is 17.6. The molecule has 0 radical (unpaired) electrons. The van der Waals surface area contributed by atoms with Crippen molar-refractivity contribution in [1.82, 2.24) is 0 Å². The molecule has 1 aromatic rings. The van der Waals surface area contributed by atoms with E-state index in [2.05, 4.69) is 0 Å². The van der Waals surface area contributed by atoms with Crippen molar-refractivity contribution in [2.75, 3.05) is 0 Å². The van der Waals surface area contributed by atoms with Crippen LogP contribution in [0.2, 0.25) is 0 Å². The third kappa shape index (κ3) is 2.98. The standard InChI is InChI=1S/C13H18FNS/c14-11-6-7-13(10(8-11)9-15)16-12-4-2-1-3-5-12/h6-8,12H,1-5,9,15H2. The van der Waals surface area contributed by atoms with Gasteiger partial charge in [-0.25, -0.2) is 4.39 Å². The van der Waals surface area contributed by atoms with Gasteiger partial charge in [0, 0.05) is 16.7 Å². The second kappa shape index (κ2) is 5.69. The number of benzene rings is 1. The smallest absolute Gasteiger partial charge is 0.123 e. The first-order valence-electron chi connectivity index (χ1n) is 5.95. The molecule has 0 atom stereocenters. The van der Waals surface area contributed by atoms with E-state index in [1.165, 1.54) is 38.2 Å². The first-order chi connectivity index (χ1) is 7.79. The zero-order valence-corrected chi connectivity index (χ0v) is 10.2. The largest absolute Gasteiger partial charge is 0.326 e. The van der Waals surface area contributed by atoms with Crippen LogP contribution in [-0.2, 0) is 6.54 Å². The molecule has 2 rings (SSSR count). The summed E-state index contributed by atoms with van der Waals surface area (Å²) < 4.78 is 13.0. The van der Waals surface area contributed by atoms with Gasteiger partial charge in [0.15, 0.2) is 0 Å². The first kappa shape index (κ1) is 11.9. The molecule has 0 heterocycles. The summed E-state index contributed by atoms with van der Waals surface area (Å²) in [4.78, 5) is 1.16. The van der Waals surface area contributed by atoms with Gasteiger partial charge in [0.2, 0.25) is 0 Å². The highest BCUT2D eigenvalue weighted by Crippen LogP contribution is 2.35. The highest BCUT2D eigenvalue weighted by Gasteiger charge is 2.16. The molecule has 1 fully saturated rings. The summed E-state index contributed by atoms with van der Waals surface area (Å²) in [5.74, 6) is -0.187. The van der Waals surface area contributed by atoms with Crippen molar-refractivity contribution in [3.05, 3.63) is 29.6 Å². The highest BCUT2D eigenvalue weighted by atomic mass is 32.2. The number of nitrogens with two attached hydrogens (primary N) is 1. The molecule has 0 aromatic heterocycles. The van der Waals surface area contributed by atoms with Crippen LogP contribution in [0.5, 0.6) is 0 Å². The summed E-state index contributed by atoms with van der Waals surface area (Å²) >= 11 is 1.88. The van der Waals surface area contributed by atoms with Crippen molar-refractivity contribution >= 4 is 11.8 Å². The summed E-state index contributed by atoms with van der Waals surface area (Å²) in [5, 5.41) is 0.699. The Bertz CT molecular complexity index is 348. The van der Waals surface area contributed by atoms with E-state index in [4.69, 9.17) is 5.73 Å². The van der Waals surface area contributed by atoms with E-state index in [0.29, 0.717) is 11.8 Å². The molecule has 0 saturated heterocycles. The highest BCUT2D eigenvalue weighted by molar-refractivity contribution is 8.00. The second-order valence-electron chi connectivity index (χ2n) is 4.33. The van der Waals surface area contributed by atoms with Gasteiger partial charge in [-0.1, -0.05) is 19.3 Å². The molecule has 88 valence electrons. The Morgan fingerprint density at radius 1 is 1.25 bits per heavy atom. The van der Waals surface area contributed by atoms with E-state index < -0.39 is 0 Å². The molecule has 0 bridgehead atoms. The number of halogens is 1. The van der Waals surface area contributed by atoms with E-state index in [1.54, 1.807) is 6.07 Å². The Morgan fingerprint density at radius 3 is 2.69 bits per heavy atom. The fraction of sp³-hybridized carbons (Fsp3) is 0.538. The maximum atomic E-state index is 13.0. The van der Waals surface area contributed by atoms with Gasteiger partial charge in [-0.15, -0.1) is 11.8 Å². The Kier molecular flexibility index (Phi) is 4.24. The fourth-order valence-electron chi connectivity index (χ4n) is 2.19. The summed E-state index contributed by atoms with van der Waals surface area (Å²) in [6.07, 6.45) is 6.59. The van der Waals surface area contributed by atoms with E-state index in [-0.39, 0.29) is 5.82 Å². The van der Waals surface area contributed by atoms with Gasteiger partial charge in [-0.2, -0.15) is 0 Å². The third-order valence-corrected chi connectivity index (χ3v) is 4.55. The van der Waals surface area contributed by atoms with Gasteiger partial charge in [0.1, 0.15) is 5.82 Å². The lowest BCUT2D eigenvalue weighted by Gasteiger charge is -2.22. The third-order valence-electron chi connectivity index (χ3n) is 3.09. The molecule has 16 heavy (non-hydrogen) atoms. The number of thioether (sulfide) groups is 1. The van der Waals surface area contributed by atoms with E-state index in [1.807, 2.05) is 17.8 Å². The summed E-state index contributed by atoms with van der Waals surface area (Å²) in [6, 6.07) is 4.96. The quantitative estimate of drug-likeness (QED) is 0.870. The minimum absolute atomic E-state index is 0.187. The Morgan fingerprint density at radius 2 is 2.00 bits per heavy atom. The summed E-state index contributed by atoms with van der Waals surface area (Å²) in [7, 11) is 0. The Balaban J connectivity index is 2.07. The molecule has 3 heteroatoms. The summed E-state index contributed by atoms with van der Waals surface area (Å²) in [6.45, 7) is 0.423. The van der Waals surface area contributed by atoms with Crippen molar-refractivity contribution in [1.29, 1.82) is 0 Å². The lowest BCUT2D eigenvalue weighted by Crippen LogP contribution is -2.09. The SMILES string of the molecule is NCc1cc(F)ccc1SC1CCCCC1. The Labute approximate surface area is 101 Å². The van der Waals surface area contributed by atoms with Crippen LogP contribution in [0.25, 0.3) is 0 Å². The average molecular weight is 239 g/mol. The summed E-state index contributed by atoms with van der Waals surface area (Å²) in [5.41, 5.74) is 6.58. The van der Waals surface area contributed by atoms with Crippen LogP contribution in [0.4, 0.5) is 4.39 Å². The fourth-order valence-corrected chi connectivity index (χ4v) is 3.55. The first-order valence-corrected chi connectivity index (χ1v) is 6.82. The van der Waals surface area contributed by atoms with Gasteiger partial charge in [-0.05, 0) is 36.6 Å². The number of hydrogen-bond donors (Lipinski definition) is 1. The van der Waals surface area contributed by atoms with Gasteiger partial charge in [0.25, 0.3) is 0 Å². The molecular formula is C13H18FNS.